The molecular weight excluding hydrogens is 350 g/mol. The van der Waals surface area contributed by atoms with Gasteiger partial charge in [-0.15, -0.1) is 0 Å². The second-order valence-electron chi connectivity index (χ2n) is 5.50. The zero-order chi connectivity index (χ0) is 19.8. The molecule has 0 spiro atoms. The van der Waals surface area contributed by atoms with Gasteiger partial charge in [0.05, 0.1) is 26.5 Å². The van der Waals surface area contributed by atoms with E-state index in [4.69, 9.17) is 18.9 Å². The van der Waals surface area contributed by atoms with E-state index in [-0.39, 0.29) is 13.2 Å². The molecule has 0 saturated heterocycles. The van der Waals surface area contributed by atoms with E-state index in [9.17, 15) is 9.59 Å². The molecule has 27 heavy (non-hydrogen) atoms. The quantitative estimate of drug-likeness (QED) is 0.682. The molecule has 0 aliphatic carbocycles. The summed E-state index contributed by atoms with van der Waals surface area (Å²) in [4.78, 5) is 25.2. The van der Waals surface area contributed by atoms with Crippen LogP contribution in [0.25, 0.3) is 0 Å². The first kappa shape index (κ1) is 20.1. The average Bonchev–Trinajstić information content (AvgIpc) is 2.67. The standard InChI is InChI=1S/C20H23NO6/c1-5-26-20(23)21(16-9-7-6-8-10-16)19-17(24-3)11-15(12-18(19)25-4)13-27-14(2)22/h6-12H,5,13H2,1-4H3. The summed E-state index contributed by atoms with van der Waals surface area (Å²) in [5.74, 6) is 0.372. The molecule has 0 heterocycles. The minimum absolute atomic E-state index is 0.0626. The summed E-state index contributed by atoms with van der Waals surface area (Å²) in [6, 6.07) is 12.4. The van der Waals surface area contributed by atoms with Crippen LogP contribution in [0.15, 0.2) is 42.5 Å². The van der Waals surface area contributed by atoms with Gasteiger partial charge in [-0.2, -0.15) is 0 Å². The molecule has 7 heteroatoms. The number of rotatable bonds is 7. The maximum atomic E-state index is 12.7. The second-order valence-corrected chi connectivity index (χ2v) is 5.50. The molecule has 0 fully saturated rings. The molecular formula is C20H23NO6. The van der Waals surface area contributed by atoms with Crippen LogP contribution in [0.3, 0.4) is 0 Å². The van der Waals surface area contributed by atoms with Gasteiger partial charge in [0.25, 0.3) is 0 Å². The molecule has 1 amide bonds. The molecule has 0 bridgehead atoms. The lowest BCUT2D eigenvalue weighted by Gasteiger charge is -2.26. The van der Waals surface area contributed by atoms with Crippen LogP contribution in [0.5, 0.6) is 11.5 Å². The van der Waals surface area contributed by atoms with E-state index < -0.39 is 12.1 Å². The van der Waals surface area contributed by atoms with Crippen LogP contribution in [-0.4, -0.2) is 32.9 Å². The van der Waals surface area contributed by atoms with Gasteiger partial charge in [0.15, 0.2) is 0 Å². The van der Waals surface area contributed by atoms with E-state index >= 15 is 0 Å². The second kappa shape index (κ2) is 9.47. The van der Waals surface area contributed by atoms with Gasteiger partial charge in [0.2, 0.25) is 0 Å². The third kappa shape index (κ3) is 4.91. The van der Waals surface area contributed by atoms with Crippen LogP contribution in [0.1, 0.15) is 19.4 Å². The summed E-state index contributed by atoms with van der Waals surface area (Å²) in [7, 11) is 2.98. The summed E-state index contributed by atoms with van der Waals surface area (Å²) in [6.45, 7) is 3.35. The van der Waals surface area contributed by atoms with Gasteiger partial charge in [-0.05, 0) is 36.8 Å². The number of carbonyl (C=O) groups is 2. The zero-order valence-electron chi connectivity index (χ0n) is 15.9. The van der Waals surface area contributed by atoms with Crippen LogP contribution in [-0.2, 0) is 20.9 Å². The Hall–Kier alpha value is -3.22. The summed E-state index contributed by atoms with van der Waals surface area (Å²) in [6.07, 6.45) is -0.562. The van der Waals surface area contributed by atoms with Crippen molar-refractivity contribution in [2.24, 2.45) is 0 Å². The highest BCUT2D eigenvalue weighted by atomic mass is 16.6. The van der Waals surface area contributed by atoms with Crippen LogP contribution in [0, 0.1) is 0 Å². The van der Waals surface area contributed by atoms with E-state index in [1.54, 1.807) is 31.2 Å². The Morgan fingerprint density at radius 2 is 1.56 bits per heavy atom. The van der Waals surface area contributed by atoms with Gasteiger partial charge < -0.3 is 18.9 Å². The molecule has 2 aromatic rings. The number of para-hydroxylation sites is 1. The number of anilines is 2. The molecule has 0 N–H and O–H groups in total. The number of nitrogens with zero attached hydrogens (tertiary/aromatic N) is 1. The maximum Gasteiger partial charge on any atom is 0.419 e. The van der Waals surface area contributed by atoms with E-state index in [1.807, 2.05) is 18.2 Å². The minimum Gasteiger partial charge on any atom is -0.494 e. The smallest absolute Gasteiger partial charge is 0.419 e. The SMILES string of the molecule is CCOC(=O)N(c1ccccc1)c1c(OC)cc(COC(C)=O)cc1OC. The minimum atomic E-state index is -0.562. The average molecular weight is 373 g/mol. The van der Waals surface area contributed by atoms with Crippen molar-refractivity contribution in [3.05, 3.63) is 48.0 Å². The lowest BCUT2D eigenvalue weighted by molar-refractivity contribution is -0.142. The molecule has 2 aromatic carbocycles. The summed E-state index contributed by atoms with van der Waals surface area (Å²) in [5, 5.41) is 0. The van der Waals surface area contributed by atoms with Crippen molar-refractivity contribution < 1.29 is 28.5 Å². The first-order chi connectivity index (χ1) is 13.0. The van der Waals surface area contributed by atoms with Crippen molar-refractivity contribution in [3.63, 3.8) is 0 Å². The zero-order valence-corrected chi connectivity index (χ0v) is 15.9. The highest BCUT2D eigenvalue weighted by Crippen LogP contribution is 2.43. The van der Waals surface area contributed by atoms with Crippen molar-refractivity contribution in [1.82, 2.24) is 0 Å². The molecule has 7 nitrogen and oxygen atoms in total. The third-order valence-electron chi connectivity index (χ3n) is 3.67. The molecule has 0 saturated carbocycles. The van der Waals surface area contributed by atoms with Gasteiger partial charge in [0, 0.05) is 6.92 Å². The molecule has 0 atom stereocenters. The van der Waals surface area contributed by atoms with Gasteiger partial charge in [-0.3, -0.25) is 4.79 Å². The molecule has 0 aliphatic heterocycles. The van der Waals surface area contributed by atoms with Gasteiger partial charge in [-0.1, -0.05) is 18.2 Å². The number of esters is 1. The Morgan fingerprint density at radius 1 is 0.963 bits per heavy atom. The predicted molar refractivity (Wildman–Crippen MR) is 101 cm³/mol. The number of ether oxygens (including phenoxy) is 4. The van der Waals surface area contributed by atoms with E-state index in [0.717, 1.165) is 0 Å². The molecule has 0 aliphatic rings. The third-order valence-corrected chi connectivity index (χ3v) is 3.67. The highest BCUT2D eigenvalue weighted by molar-refractivity contribution is 5.99. The topological polar surface area (TPSA) is 74.3 Å². The predicted octanol–water partition coefficient (Wildman–Crippen LogP) is 4.06. The van der Waals surface area contributed by atoms with Crippen molar-refractivity contribution in [3.8, 4) is 11.5 Å². The number of amides is 1. The Labute approximate surface area is 158 Å². The fourth-order valence-corrected chi connectivity index (χ4v) is 2.53. The number of hydrogen-bond donors (Lipinski definition) is 0. The Bertz CT molecular complexity index is 765. The highest BCUT2D eigenvalue weighted by Gasteiger charge is 2.27. The van der Waals surface area contributed by atoms with E-state index in [1.165, 1.54) is 26.0 Å². The Morgan fingerprint density at radius 3 is 2.04 bits per heavy atom. The molecule has 0 aromatic heterocycles. The number of methoxy groups -OCH3 is 2. The molecule has 2 rings (SSSR count). The lowest BCUT2D eigenvalue weighted by Crippen LogP contribution is -2.27. The largest absolute Gasteiger partial charge is 0.494 e. The maximum absolute atomic E-state index is 12.7. The normalized spacial score (nSPS) is 10.1. The van der Waals surface area contributed by atoms with Gasteiger partial charge in [-0.25, -0.2) is 9.69 Å². The van der Waals surface area contributed by atoms with Crippen molar-refractivity contribution >= 4 is 23.4 Å². The summed E-state index contributed by atoms with van der Waals surface area (Å²) >= 11 is 0. The van der Waals surface area contributed by atoms with E-state index in [2.05, 4.69) is 0 Å². The summed E-state index contributed by atoms with van der Waals surface area (Å²) in [5.41, 5.74) is 1.66. The molecule has 0 unspecified atom stereocenters. The Kier molecular flexibility index (Phi) is 7.05. The van der Waals surface area contributed by atoms with Gasteiger partial charge in [0.1, 0.15) is 23.8 Å². The lowest BCUT2D eigenvalue weighted by atomic mass is 10.1. The number of benzene rings is 2. The van der Waals surface area contributed by atoms with Crippen molar-refractivity contribution in [2.45, 2.75) is 20.5 Å². The first-order valence-electron chi connectivity index (χ1n) is 8.42. The van der Waals surface area contributed by atoms with Gasteiger partial charge >= 0.3 is 12.1 Å². The van der Waals surface area contributed by atoms with Crippen LogP contribution in [0.2, 0.25) is 0 Å². The van der Waals surface area contributed by atoms with Crippen LogP contribution in [0.4, 0.5) is 16.2 Å². The van der Waals surface area contributed by atoms with Crippen LogP contribution < -0.4 is 14.4 Å². The fourth-order valence-electron chi connectivity index (χ4n) is 2.53. The first-order valence-corrected chi connectivity index (χ1v) is 8.42. The van der Waals surface area contributed by atoms with Crippen molar-refractivity contribution in [1.29, 1.82) is 0 Å². The number of hydrogen-bond acceptors (Lipinski definition) is 6. The summed E-state index contributed by atoms with van der Waals surface area (Å²) < 4.78 is 21.3. The van der Waals surface area contributed by atoms with Crippen LogP contribution >= 0.6 is 0 Å². The monoisotopic (exact) mass is 373 g/mol. The fraction of sp³-hybridized carbons (Fsp3) is 0.300. The van der Waals surface area contributed by atoms with Crippen molar-refractivity contribution in [2.75, 3.05) is 25.7 Å². The van der Waals surface area contributed by atoms with E-state index in [0.29, 0.717) is 28.4 Å². The number of carbonyl (C=O) groups excluding carboxylic acids is 2. The molecule has 144 valence electrons. The molecule has 0 radical (unpaired) electrons. The Balaban J connectivity index is 2.59.